The van der Waals surface area contributed by atoms with Crippen LogP contribution in [0.1, 0.15) is 37.1 Å². The number of piperidine rings is 1. The Labute approximate surface area is 109 Å². The molecule has 4 nitrogen and oxygen atoms in total. The second-order valence-electron chi connectivity index (χ2n) is 5.71. The minimum atomic E-state index is 0.773. The molecular formula is C14H23N3O. The second-order valence-corrected chi connectivity index (χ2v) is 5.71. The summed E-state index contributed by atoms with van der Waals surface area (Å²) < 4.78 is 5.30. The molecule has 0 bridgehead atoms. The SMILES string of the molecule is Cc1cc(CN2CCC(N3CCCCC3)C2)on1. The van der Waals surface area contributed by atoms with Crippen LogP contribution in [0.2, 0.25) is 0 Å². The summed E-state index contributed by atoms with van der Waals surface area (Å²) in [5.74, 6) is 1.01. The van der Waals surface area contributed by atoms with Crippen molar-refractivity contribution in [3.63, 3.8) is 0 Å². The van der Waals surface area contributed by atoms with Gasteiger partial charge in [0.25, 0.3) is 0 Å². The molecule has 3 heterocycles. The standard InChI is InChI=1S/C14H23N3O/c1-12-9-14(18-15-12)11-16-8-5-13(10-16)17-6-3-2-4-7-17/h9,13H,2-8,10-11H2,1H3. The van der Waals surface area contributed by atoms with Gasteiger partial charge in [0.15, 0.2) is 5.76 Å². The Bertz CT molecular complexity index is 384. The second kappa shape index (κ2) is 5.41. The van der Waals surface area contributed by atoms with E-state index >= 15 is 0 Å². The van der Waals surface area contributed by atoms with Gasteiger partial charge in [-0.25, -0.2) is 0 Å². The summed E-state index contributed by atoms with van der Waals surface area (Å²) in [6.07, 6.45) is 5.51. The number of aromatic nitrogens is 1. The van der Waals surface area contributed by atoms with Gasteiger partial charge in [-0.3, -0.25) is 9.80 Å². The van der Waals surface area contributed by atoms with Gasteiger partial charge in [0, 0.05) is 25.2 Å². The minimum Gasteiger partial charge on any atom is -0.360 e. The van der Waals surface area contributed by atoms with E-state index in [1.807, 2.05) is 13.0 Å². The number of hydrogen-bond donors (Lipinski definition) is 0. The topological polar surface area (TPSA) is 32.5 Å². The molecule has 2 saturated heterocycles. The number of nitrogens with zero attached hydrogens (tertiary/aromatic N) is 3. The Morgan fingerprint density at radius 1 is 1.28 bits per heavy atom. The molecule has 0 radical (unpaired) electrons. The number of rotatable bonds is 3. The van der Waals surface area contributed by atoms with E-state index in [2.05, 4.69) is 15.0 Å². The van der Waals surface area contributed by atoms with Gasteiger partial charge in [-0.1, -0.05) is 11.6 Å². The zero-order valence-electron chi connectivity index (χ0n) is 11.3. The molecule has 0 amide bonds. The van der Waals surface area contributed by atoms with E-state index in [0.29, 0.717) is 0 Å². The van der Waals surface area contributed by atoms with Crippen LogP contribution >= 0.6 is 0 Å². The quantitative estimate of drug-likeness (QED) is 0.820. The molecule has 3 rings (SSSR count). The van der Waals surface area contributed by atoms with E-state index < -0.39 is 0 Å². The largest absolute Gasteiger partial charge is 0.360 e. The Morgan fingerprint density at radius 2 is 2.11 bits per heavy atom. The summed E-state index contributed by atoms with van der Waals surface area (Å²) in [6, 6.07) is 2.82. The molecule has 100 valence electrons. The predicted molar refractivity (Wildman–Crippen MR) is 70.3 cm³/mol. The van der Waals surface area contributed by atoms with Crippen LogP contribution < -0.4 is 0 Å². The van der Waals surface area contributed by atoms with Crippen LogP contribution in [0.3, 0.4) is 0 Å². The highest BCUT2D eigenvalue weighted by Crippen LogP contribution is 2.21. The third kappa shape index (κ3) is 2.75. The lowest BCUT2D eigenvalue weighted by atomic mass is 10.1. The third-order valence-electron chi connectivity index (χ3n) is 4.21. The molecule has 0 aromatic carbocycles. The Morgan fingerprint density at radius 3 is 2.83 bits per heavy atom. The van der Waals surface area contributed by atoms with Crippen molar-refractivity contribution >= 4 is 0 Å². The fourth-order valence-corrected chi connectivity index (χ4v) is 3.25. The van der Waals surface area contributed by atoms with E-state index in [0.717, 1.165) is 24.0 Å². The van der Waals surface area contributed by atoms with Crippen molar-refractivity contribution in [1.29, 1.82) is 0 Å². The summed E-state index contributed by atoms with van der Waals surface area (Å²) in [5.41, 5.74) is 0.983. The molecule has 1 aromatic heterocycles. The van der Waals surface area contributed by atoms with E-state index in [4.69, 9.17) is 4.52 Å². The molecule has 2 fully saturated rings. The van der Waals surface area contributed by atoms with Crippen molar-refractivity contribution in [2.24, 2.45) is 0 Å². The highest BCUT2D eigenvalue weighted by molar-refractivity contribution is 5.03. The summed E-state index contributed by atoms with van der Waals surface area (Å²) in [7, 11) is 0. The summed E-state index contributed by atoms with van der Waals surface area (Å²) in [5, 5.41) is 3.96. The average molecular weight is 249 g/mol. The van der Waals surface area contributed by atoms with Crippen LogP contribution in [0.25, 0.3) is 0 Å². The van der Waals surface area contributed by atoms with Gasteiger partial charge in [0.05, 0.1) is 12.2 Å². The van der Waals surface area contributed by atoms with Gasteiger partial charge in [-0.2, -0.15) is 0 Å². The zero-order valence-corrected chi connectivity index (χ0v) is 11.3. The summed E-state index contributed by atoms with van der Waals surface area (Å²) in [4.78, 5) is 5.19. The molecule has 0 aliphatic carbocycles. The van der Waals surface area contributed by atoms with Crippen molar-refractivity contribution < 1.29 is 4.52 Å². The average Bonchev–Trinajstić information content (AvgIpc) is 3.01. The zero-order chi connectivity index (χ0) is 12.4. The normalized spacial score (nSPS) is 26.8. The van der Waals surface area contributed by atoms with E-state index in [1.165, 1.54) is 51.9 Å². The fourth-order valence-electron chi connectivity index (χ4n) is 3.25. The fraction of sp³-hybridized carbons (Fsp3) is 0.786. The smallest absolute Gasteiger partial charge is 0.150 e. The number of aryl methyl sites for hydroxylation is 1. The molecule has 0 N–H and O–H groups in total. The number of likely N-dealkylation sites (tertiary alicyclic amines) is 2. The van der Waals surface area contributed by atoms with Gasteiger partial charge in [0.2, 0.25) is 0 Å². The van der Waals surface area contributed by atoms with Gasteiger partial charge in [-0.15, -0.1) is 0 Å². The van der Waals surface area contributed by atoms with Gasteiger partial charge in [0.1, 0.15) is 0 Å². The van der Waals surface area contributed by atoms with Crippen LogP contribution in [-0.4, -0.2) is 47.2 Å². The monoisotopic (exact) mass is 249 g/mol. The molecular weight excluding hydrogens is 226 g/mol. The van der Waals surface area contributed by atoms with Crippen molar-refractivity contribution in [3.05, 3.63) is 17.5 Å². The first-order valence-corrected chi connectivity index (χ1v) is 7.20. The molecule has 2 aliphatic rings. The molecule has 18 heavy (non-hydrogen) atoms. The van der Waals surface area contributed by atoms with Crippen molar-refractivity contribution in [2.45, 2.75) is 45.2 Å². The van der Waals surface area contributed by atoms with Gasteiger partial charge in [-0.05, 0) is 39.3 Å². The first-order valence-electron chi connectivity index (χ1n) is 7.20. The summed E-state index contributed by atoms with van der Waals surface area (Å²) >= 11 is 0. The third-order valence-corrected chi connectivity index (χ3v) is 4.21. The van der Waals surface area contributed by atoms with E-state index in [9.17, 15) is 0 Å². The maximum atomic E-state index is 5.30. The van der Waals surface area contributed by atoms with Gasteiger partial charge >= 0.3 is 0 Å². The van der Waals surface area contributed by atoms with Crippen LogP contribution in [-0.2, 0) is 6.54 Å². The first-order chi connectivity index (χ1) is 8.81. The Kier molecular flexibility index (Phi) is 3.66. The molecule has 0 spiro atoms. The Balaban J connectivity index is 1.51. The van der Waals surface area contributed by atoms with Crippen LogP contribution in [0.5, 0.6) is 0 Å². The van der Waals surface area contributed by atoms with E-state index in [-0.39, 0.29) is 0 Å². The lowest BCUT2D eigenvalue weighted by molar-refractivity contribution is 0.159. The predicted octanol–water partition coefficient (Wildman–Crippen LogP) is 2.04. The minimum absolute atomic E-state index is 0.773. The highest BCUT2D eigenvalue weighted by Gasteiger charge is 2.28. The van der Waals surface area contributed by atoms with Crippen molar-refractivity contribution in [2.75, 3.05) is 26.2 Å². The molecule has 1 aromatic rings. The van der Waals surface area contributed by atoms with Crippen LogP contribution in [0.4, 0.5) is 0 Å². The lowest BCUT2D eigenvalue weighted by Crippen LogP contribution is -2.40. The maximum absolute atomic E-state index is 5.30. The van der Waals surface area contributed by atoms with E-state index in [1.54, 1.807) is 0 Å². The van der Waals surface area contributed by atoms with Gasteiger partial charge < -0.3 is 4.52 Å². The Hall–Kier alpha value is -0.870. The van der Waals surface area contributed by atoms with Crippen molar-refractivity contribution in [3.8, 4) is 0 Å². The summed E-state index contributed by atoms with van der Waals surface area (Å²) in [6.45, 7) is 7.90. The molecule has 2 aliphatic heterocycles. The molecule has 1 atom stereocenters. The number of hydrogen-bond acceptors (Lipinski definition) is 4. The maximum Gasteiger partial charge on any atom is 0.150 e. The molecule has 1 unspecified atom stereocenters. The molecule has 4 heteroatoms. The lowest BCUT2D eigenvalue weighted by Gasteiger charge is -2.32. The van der Waals surface area contributed by atoms with Crippen LogP contribution in [0.15, 0.2) is 10.6 Å². The van der Waals surface area contributed by atoms with Crippen molar-refractivity contribution in [1.82, 2.24) is 15.0 Å². The van der Waals surface area contributed by atoms with Crippen LogP contribution in [0, 0.1) is 6.92 Å². The first kappa shape index (κ1) is 12.2. The molecule has 0 saturated carbocycles. The highest BCUT2D eigenvalue weighted by atomic mass is 16.5.